The molecule has 0 radical (unpaired) electrons. The van der Waals surface area contributed by atoms with Crippen LogP contribution in [0.3, 0.4) is 0 Å². The summed E-state index contributed by atoms with van der Waals surface area (Å²) in [5.41, 5.74) is 2.61. The number of benzene rings is 4. The molecule has 0 aliphatic carbocycles. The van der Waals surface area contributed by atoms with Crippen LogP contribution in [0, 0.1) is 0 Å². The Kier molecular flexibility index (Phi) is 12.7. The summed E-state index contributed by atoms with van der Waals surface area (Å²) in [5.74, 6) is 2.16. The van der Waals surface area contributed by atoms with Gasteiger partial charge in [-0.25, -0.2) is 0 Å². The van der Waals surface area contributed by atoms with Gasteiger partial charge in [0.2, 0.25) is 23.8 Å². The van der Waals surface area contributed by atoms with Crippen LogP contribution in [0.4, 0.5) is 35.2 Å². The minimum atomic E-state index is -4.78. The van der Waals surface area contributed by atoms with Crippen LogP contribution in [0.5, 0.6) is 0 Å². The molecule has 0 saturated carbocycles. The molecule has 20 heteroatoms. The largest absolute Gasteiger partial charge is 0.378 e. The lowest BCUT2D eigenvalue weighted by atomic mass is 10.1. The van der Waals surface area contributed by atoms with Crippen molar-refractivity contribution >= 4 is 67.6 Å². The van der Waals surface area contributed by atoms with E-state index in [1.54, 1.807) is 12.1 Å². The molecule has 6 aromatic rings. The maximum atomic E-state index is 12.8. The number of morpholine rings is 2. The number of nitrogens with one attached hydrogen (secondary N) is 2. The van der Waals surface area contributed by atoms with Crippen LogP contribution in [-0.2, 0) is 42.6 Å². The standard InChI is InChI=1S/C42H42N10O8S2/c53-61(54,55)35-25-29(27-37-45-39(43-33-7-3-1-4-8-33)49-41(47-37)51-17-21-59-22-18-51)11-13-31(35)15-16-32-14-12-30(26-36(32)62(56,57)58)28-38-46-40(44-34-9-5-2-6-10-34)50-42(48-38)52-19-23-60-24-20-52/h1-16,25-26H,17-24,27-28H2,(H,53,54,55)(H,56,57,58)(H,43,45,47,49)(H,44,46,48,50)/b16-15+. The van der Waals surface area contributed by atoms with E-state index < -0.39 is 30.0 Å². The quantitative estimate of drug-likeness (QED) is 0.0826. The van der Waals surface area contributed by atoms with Crippen molar-refractivity contribution in [3.05, 3.63) is 131 Å². The van der Waals surface area contributed by atoms with Gasteiger partial charge >= 0.3 is 0 Å². The molecule has 2 aromatic heterocycles. The topological polar surface area (TPSA) is 235 Å². The summed E-state index contributed by atoms with van der Waals surface area (Å²) in [6.07, 6.45) is 2.87. The number of hydrogen-bond acceptors (Lipinski definition) is 16. The summed E-state index contributed by atoms with van der Waals surface area (Å²) in [5, 5.41) is 6.40. The Morgan fingerprint density at radius 1 is 0.532 bits per heavy atom. The lowest BCUT2D eigenvalue weighted by molar-refractivity contribution is 0.122. The Morgan fingerprint density at radius 3 is 1.29 bits per heavy atom. The SMILES string of the molecule is O=S(=O)(O)c1cc(Cc2nc(Nc3ccccc3)nc(N3CCOCC3)n2)ccc1/C=C/c1ccc(Cc2nc(Nc3ccccc3)nc(N3CCOCC3)n2)cc1S(=O)(=O)O. The molecule has 4 aromatic carbocycles. The summed E-state index contributed by atoms with van der Waals surface area (Å²) in [7, 11) is -9.57. The second-order valence-electron chi connectivity index (χ2n) is 14.3. The smallest absolute Gasteiger partial charge is 0.295 e. The molecule has 8 rings (SSSR count). The van der Waals surface area contributed by atoms with Crippen LogP contribution < -0.4 is 20.4 Å². The molecule has 2 aliphatic rings. The lowest BCUT2D eigenvalue weighted by Gasteiger charge is -2.27. The fraction of sp³-hybridized carbons (Fsp3) is 0.238. The zero-order valence-corrected chi connectivity index (χ0v) is 34.8. The maximum Gasteiger partial charge on any atom is 0.295 e. The molecule has 2 aliphatic heterocycles. The number of nitrogens with zero attached hydrogens (tertiary/aromatic N) is 8. The van der Waals surface area contributed by atoms with Crippen LogP contribution in [-0.4, -0.2) is 108 Å². The summed E-state index contributed by atoms with van der Waals surface area (Å²) >= 11 is 0. The van der Waals surface area contributed by atoms with Crippen molar-refractivity contribution in [1.29, 1.82) is 0 Å². The monoisotopic (exact) mass is 878 g/mol. The average Bonchev–Trinajstić information content (AvgIpc) is 3.27. The van der Waals surface area contributed by atoms with Crippen molar-refractivity contribution in [3.8, 4) is 0 Å². The normalized spacial score (nSPS) is 14.9. The fourth-order valence-corrected chi connectivity index (χ4v) is 8.31. The number of para-hydroxylation sites is 2. The highest BCUT2D eigenvalue weighted by molar-refractivity contribution is 7.86. The van der Waals surface area contributed by atoms with Gasteiger partial charge in [0.25, 0.3) is 20.2 Å². The highest BCUT2D eigenvalue weighted by atomic mass is 32.2. The van der Waals surface area contributed by atoms with E-state index in [1.807, 2.05) is 70.5 Å². The first-order chi connectivity index (χ1) is 29.9. The second kappa shape index (κ2) is 18.7. The Labute approximate surface area is 358 Å². The predicted octanol–water partition coefficient (Wildman–Crippen LogP) is 5.06. The third-order valence-corrected chi connectivity index (χ3v) is 11.7. The van der Waals surface area contributed by atoms with Crippen LogP contribution in [0.2, 0.25) is 0 Å². The molecule has 0 atom stereocenters. The molecule has 4 N–H and O–H groups in total. The van der Waals surface area contributed by atoms with Crippen LogP contribution >= 0.6 is 0 Å². The summed E-state index contributed by atoms with van der Waals surface area (Å²) in [6.45, 7) is 4.35. The van der Waals surface area contributed by atoms with Gasteiger partial charge in [0.15, 0.2) is 0 Å². The van der Waals surface area contributed by atoms with E-state index in [9.17, 15) is 25.9 Å². The Morgan fingerprint density at radius 2 is 0.919 bits per heavy atom. The van der Waals surface area contributed by atoms with Gasteiger partial charge in [0.1, 0.15) is 21.4 Å². The van der Waals surface area contributed by atoms with Gasteiger partial charge in [-0.05, 0) is 58.7 Å². The molecule has 2 saturated heterocycles. The Bertz CT molecular complexity index is 2600. The third kappa shape index (κ3) is 10.9. The molecular weight excluding hydrogens is 837 g/mol. The molecule has 18 nitrogen and oxygen atoms in total. The first kappa shape index (κ1) is 42.3. The van der Waals surface area contributed by atoms with E-state index in [4.69, 9.17) is 9.47 Å². The highest BCUT2D eigenvalue weighted by Gasteiger charge is 2.22. The van der Waals surface area contributed by atoms with Gasteiger partial charge in [0.05, 0.1) is 26.4 Å². The van der Waals surface area contributed by atoms with E-state index in [1.165, 1.54) is 36.4 Å². The molecule has 0 amide bonds. The lowest BCUT2D eigenvalue weighted by Crippen LogP contribution is -2.37. The second-order valence-corrected chi connectivity index (χ2v) is 17.1. The van der Waals surface area contributed by atoms with Crippen LogP contribution in [0.15, 0.2) is 107 Å². The zero-order valence-electron chi connectivity index (χ0n) is 33.2. The zero-order chi connectivity index (χ0) is 43.1. The molecule has 62 heavy (non-hydrogen) atoms. The van der Waals surface area contributed by atoms with Crippen molar-refractivity contribution in [3.63, 3.8) is 0 Å². The molecular formula is C42H42N10O8S2. The molecule has 320 valence electrons. The summed E-state index contributed by atoms with van der Waals surface area (Å²) in [4.78, 5) is 30.9. The van der Waals surface area contributed by atoms with E-state index in [2.05, 4.69) is 40.5 Å². The number of ether oxygens (including phenoxy) is 2. The number of rotatable bonds is 14. The number of anilines is 6. The first-order valence-electron chi connectivity index (χ1n) is 19.6. The number of hydrogen-bond donors (Lipinski definition) is 4. The Hall–Kier alpha value is -6.42. The van der Waals surface area contributed by atoms with E-state index in [0.717, 1.165) is 11.4 Å². The van der Waals surface area contributed by atoms with Crippen LogP contribution in [0.25, 0.3) is 12.2 Å². The predicted molar refractivity (Wildman–Crippen MR) is 232 cm³/mol. The molecule has 0 spiro atoms. The third-order valence-electron chi connectivity index (χ3n) is 9.87. The van der Waals surface area contributed by atoms with Crippen molar-refractivity contribution < 1.29 is 35.4 Å². The fourth-order valence-electron chi connectivity index (χ4n) is 6.84. The van der Waals surface area contributed by atoms with E-state index >= 15 is 0 Å². The molecule has 4 heterocycles. The Balaban J connectivity index is 1.06. The van der Waals surface area contributed by atoms with Crippen molar-refractivity contribution in [2.24, 2.45) is 0 Å². The molecule has 0 unspecified atom stereocenters. The molecule has 2 fully saturated rings. The van der Waals surface area contributed by atoms with Gasteiger partial charge < -0.3 is 29.9 Å². The average molecular weight is 879 g/mol. The maximum absolute atomic E-state index is 12.8. The minimum Gasteiger partial charge on any atom is -0.378 e. The van der Waals surface area contributed by atoms with Gasteiger partial charge in [-0.2, -0.15) is 46.7 Å². The van der Waals surface area contributed by atoms with Crippen molar-refractivity contribution in [1.82, 2.24) is 29.9 Å². The van der Waals surface area contributed by atoms with Gasteiger partial charge in [-0.1, -0.05) is 72.8 Å². The van der Waals surface area contributed by atoms with Crippen LogP contribution in [0.1, 0.15) is 33.9 Å². The summed E-state index contributed by atoms with van der Waals surface area (Å²) in [6, 6.07) is 27.7. The number of aromatic nitrogens is 6. The summed E-state index contributed by atoms with van der Waals surface area (Å²) < 4.78 is 82.8. The van der Waals surface area contributed by atoms with Gasteiger partial charge in [0, 0.05) is 50.4 Å². The van der Waals surface area contributed by atoms with E-state index in [0.29, 0.717) is 99.2 Å². The van der Waals surface area contributed by atoms with Gasteiger partial charge in [-0.15, -0.1) is 0 Å². The van der Waals surface area contributed by atoms with Crippen molar-refractivity contribution in [2.75, 3.05) is 73.0 Å². The minimum absolute atomic E-state index is 0.0666. The van der Waals surface area contributed by atoms with E-state index in [-0.39, 0.29) is 24.0 Å². The highest BCUT2D eigenvalue weighted by Crippen LogP contribution is 2.27. The van der Waals surface area contributed by atoms with Crippen molar-refractivity contribution in [2.45, 2.75) is 22.6 Å². The molecule has 0 bridgehead atoms. The first-order valence-corrected chi connectivity index (χ1v) is 22.5. The van der Waals surface area contributed by atoms with Gasteiger partial charge in [-0.3, -0.25) is 9.11 Å².